The number of rotatable bonds is 5. The second kappa shape index (κ2) is 8.76. The molecule has 0 aliphatic carbocycles. The molecule has 0 amide bonds. The van der Waals surface area contributed by atoms with Crippen LogP contribution in [0.1, 0.15) is 18.4 Å². The van der Waals surface area contributed by atoms with Crippen molar-refractivity contribution in [3.05, 3.63) is 88.7 Å². The highest BCUT2D eigenvalue weighted by Gasteiger charge is 2.17. The van der Waals surface area contributed by atoms with E-state index >= 15 is 0 Å². The van der Waals surface area contributed by atoms with Crippen LogP contribution in [0.2, 0.25) is 0 Å². The van der Waals surface area contributed by atoms with Gasteiger partial charge < -0.3 is 14.1 Å². The minimum atomic E-state index is -0.269. The van der Waals surface area contributed by atoms with Gasteiger partial charge in [-0.2, -0.15) is 9.78 Å². The summed E-state index contributed by atoms with van der Waals surface area (Å²) in [7, 11) is 1.64. The summed E-state index contributed by atoms with van der Waals surface area (Å²) < 4.78 is 13.0. The molecule has 3 aromatic carbocycles. The third-order valence-electron chi connectivity index (χ3n) is 6.40. The fourth-order valence-electron chi connectivity index (χ4n) is 4.58. The van der Waals surface area contributed by atoms with E-state index in [1.165, 1.54) is 17.5 Å². The molecule has 0 saturated carbocycles. The minimum absolute atomic E-state index is 0.269. The number of anilines is 1. The second-order valence-electron chi connectivity index (χ2n) is 8.58. The standard InChI is InChI=1S/C28H24N4O3/c1-34-25-17-21(31-14-6-7-15-31)13-12-20(25)18-29-32-27(26-16-19-8-2-5-11-24(19)35-26)30-23-10-4-3-9-22(23)28(32)33/h2-5,8-13,16-18H,6-7,14-15H2,1H3. The van der Waals surface area contributed by atoms with Gasteiger partial charge in [0.15, 0.2) is 5.76 Å². The van der Waals surface area contributed by atoms with Gasteiger partial charge in [0, 0.05) is 35.8 Å². The maximum absolute atomic E-state index is 13.5. The molecule has 35 heavy (non-hydrogen) atoms. The van der Waals surface area contributed by atoms with Crippen molar-refractivity contribution in [2.24, 2.45) is 5.10 Å². The van der Waals surface area contributed by atoms with Gasteiger partial charge in [-0.05, 0) is 49.2 Å². The molecule has 0 unspecified atom stereocenters. The summed E-state index contributed by atoms with van der Waals surface area (Å²) in [6, 6.07) is 22.9. The fourth-order valence-corrected chi connectivity index (χ4v) is 4.58. The maximum atomic E-state index is 13.5. The number of ether oxygens (including phenoxy) is 1. The first-order valence-electron chi connectivity index (χ1n) is 11.7. The van der Waals surface area contributed by atoms with Gasteiger partial charge in [-0.15, -0.1) is 0 Å². The molecule has 0 N–H and O–H groups in total. The van der Waals surface area contributed by atoms with E-state index in [2.05, 4.69) is 16.1 Å². The average molecular weight is 465 g/mol. The number of fused-ring (bicyclic) bond motifs is 2. The smallest absolute Gasteiger partial charge is 0.282 e. The van der Waals surface area contributed by atoms with E-state index in [0.717, 1.165) is 35.3 Å². The van der Waals surface area contributed by atoms with Crippen LogP contribution in [0, 0.1) is 0 Å². The number of hydrogen-bond acceptors (Lipinski definition) is 6. The number of para-hydroxylation sites is 2. The van der Waals surface area contributed by atoms with Crippen molar-refractivity contribution in [3.63, 3.8) is 0 Å². The first-order chi connectivity index (χ1) is 17.2. The molecule has 174 valence electrons. The summed E-state index contributed by atoms with van der Waals surface area (Å²) in [6.07, 6.45) is 4.04. The van der Waals surface area contributed by atoms with Gasteiger partial charge in [-0.1, -0.05) is 30.3 Å². The van der Waals surface area contributed by atoms with Crippen LogP contribution in [0.25, 0.3) is 33.5 Å². The van der Waals surface area contributed by atoms with Crippen molar-refractivity contribution in [1.82, 2.24) is 9.66 Å². The Kier molecular flexibility index (Phi) is 5.29. The highest BCUT2D eigenvalue weighted by molar-refractivity contribution is 5.86. The van der Waals surface area contributed by atoms with Gasteiger partial charge in [-0.3, -0.25) is 4.79 Å². The molecule has 1 fully saturated rings. The molecule has 5 aromatic rings. The van der Waals surface area contributed by atoms with Crippen LogP contribution < -0.4 is 15.2 Å². The van der Waals surface area contributed by atoms with E-state index < -0.39 is 0 Å². The molecular formula is C28H24N4O3. The zero-order valence-electron chi connectivity index (χ0n) is 19.3. The summed E-state index contributed by atoms with van der Waals surface area (Å²) >= 11 is 0. The second-order valence-corrected chi connectivity index (χ2v) is 8.58. The monoisotopic (exact) mass is 464 g/mol. The highest BCUT2D eigenvalue weighted by atomic mass is 16.5. The van der Waals surface area contributed by atoms with E-state index in [0.29, 0.717) is 28.2 Å². The average Bonchev–Trinajstić information content (AvgIpc) is 3.58. The minimum Gasteiger partial charge on any atom is -0.496 e. The lowest BCUT2D eigenvalue weighted by atomic mass is 10.2. The van der Waals surface area contributed by atoms with Gasteiger partial charge >= 0.3 is 0 Å². The lowest BCUT2D eigenvalue weighted by molar-refractivity contribution is 0.414. The van der Waals surface area contributed by atoms with E-state index in [4.69, 9.17) is 14.1 Å². The highest BCUT2D eigenvalue weighted by Crippen LogP contribution is 2.29. The quantitative estimate of drug-likeness (QED) is 0.330. The van der Waals surface area contributed by atoms with E-state index in [9.17, 15) is 4.79 Å². The Hall–Kier alpha value is -4.39. The third-order valence-corrected chi connectivity index (χ3v) is 6.40. The van der Waals surface area contributed by atoms with E-state index in [1.54, 1.807) is 19.4 Å². The van der Waals surface area contributed by atoms with Crippen LogP contribution in [-0.2, 0) is 0 Å². The first kappa shape index (κ1) is 21.2. The van der Waals surface area contributed by atoms with Crippen molar-refractivity contribution in [2.75, 3.05) is 25.1 Å². The predicted molar refractivity (Wildman–Crippen MR) is 139 cm³/mol. The molecule has 7 nitrogen and oxygen atoms in total. The lowest BCUT2D eigenvalue weighted by Gasteiger charge is -2.19. The molecule has 2 aromatic heterocycles. The number of aromatic nitrogens is 2. The topological polar surface area (TPSA) is 72.9 Å². The number of benzene rings is 3. The zero-order chi connectivity index (χ0) is 23.8. The summed E-state index contributed by atoms with van der Waals surface area (Å²) in [6.45, 7) is 2.10. The molecule has 1 aliphatic heterocycles. The van der Waals surface area contributed by atoms with Crippen LogP contribution in [0.15, 0.2) is 87.1 Å². The largest absolute Gasteiger partial charge is 0.496 e. The Bertz CT molecular complexity index is 1590. The van der Waals surface area contributed by atoms with Crippen molar-refractivity contribution in [1.29, 1.82) is 0 Å². The number of furan rings is 1. The van der Waals surface area contributed by atoms with Gasteiger partial charge in [0.25, 0.3) is 5.56 Å². The van der Waals surface area contributed by atoms with Crippen molar-refractivity contribution < 1.29 is 9.15 Å². The SMILES string of the molecule is COc1cc(N2CCCC2)ccc1C=Nn1c(-c2cc3ccccc3o2)nc2ccccc2c1=O. The summed E-state index contributed by atoms with van der Waals surface area (Å²) in [5.74, 6) is 1.52. The molecule has 6 rings (SSSR count). The normalized spacial score (nSPS) is 13.9. The molecule has 3 heterocycles. The molecule has 0 bridgehead atoms. The predicted octanol–water partition coefficient (Wildman–Crippen LogP) is 5.30. The van der Waals surface area contributed by atoms with Crippen molar-refractivity contribution in [3.8, 4) is 17.3 Å². The van der Waals surface area contributed by atoms with Crippen molar-refractivity contribution in [2.45, 2.75) is 12.8 Å². The molecule has 1 aliphatic rings. The van der Waals surface area contributed by atoms with Gasteiger partial charge in [0.2, 0.25) is 5.82 Å². The number of hydrogen-bond donors (Lipinski definition) is 0. The lowest BCUT2D eigenvalue weighted by Crippen LogP contribution is -2.20. The Labute approximate surface area is 201 Å². The van der Waals surface area contributed by atoms with Crippen LogP contribution in [0.4, 0.5) is 5.69 Å². The molecule has 1 saturated heterocycles. The van der Waals surface area contributed by atoms with Crippen LogP contribution >= 0.6 is 0 Å². The maximum Gasteiger partial charge on any atom is 0.282 e. The van der Waals surface area contributed by atoms with E-state index in [-0.39, 0.29) is 5.56 Å². The van der Waals surface area contributed by atoms with Crippen LogP contribution in [0.5, 0.6) is 5.75 Å². The Morgan fingerprint density at radius 3 is 2.63 bits per heavy atom. The first-order valence-corrected chi connectivity index (χ1v) is 11.7. The molecular weight excluding hydrogens is 440 g/mol. The summed E-state index contributed by atoms with van der Waals surface area (Å²) in [4.78, 5) is 20.6. The third kappa shape index (κ3) is 3.85. The number of nitrogens with zero attached hydrogens (tertiary/aromatic N) is 4. The molecule has 0 radical (unpaired) electrons. The van der Waals surface area contributed by atoms with Gasteiger partial charge in [0.05, 0.1) is 24.2 Å². The molecule has 0 spiro atoms. The Morgan fingerprint density at radius 1 is 1.00 bits per heavy atom. The van der Waals surface area contributed by atoms with Gasteiger partial charge in [0.1, 0.15) is 11.3 Å². The summed E-state index contributed by atoms with van der Waals surface area (Å²) in [5, 5.41) is 5.99. The molecule has 0 atom stereocenters. The molecule has 7 heteroatoms. The van der Waals surface area contributed by atoms with Gasteiger partial charge in [-0.25, -0.2) is 4.98 Å². The van der Waals surface area contributed by atoms with Crippen molar-refractivity contribution >= 4 is 33.8 Å². The fraction of sp³-hybridized carbons (Fsp3) is 0.179. The Morgan fingerprint density at radius 2 is 1.80 bits per heavy atom. The number of methoxy groups -OCH3 is 1. The Balaban J connectivity index is 1.48. The van der Waals surface area contributed by atoms with E-state index in [1.807, 2.05) is 60.7 Å². The van der Waals surface area contributed by atoms with Crippen LogP contribution in [0.3, 0.4) is 0 Å². The van der Waals surface area contributed by atoms with Crippen LogP contribution in [-0.4, -0.2) is 36.1 Å². The zero-order valence-corrected chi connectivity index (χ0v) is 19.3. The summed E-state index contributed by atoms with van der Waals surface area (Å²) in [5.41, 5.74) is 2.94.